The quantitative estimate of drug-likeness (QED) is 0.166. The highest BCUT2D eigenvalue weighted by Crippen LogP contribution is 2.24. The molecule has 1 amide bonds. The first-order valence-corrected chi connectivity index (χ1v) is 12.1. The Hall–Kier alpha value is -4.06. The lowest BCUT2D eigenvalue weighted by molar-refractivity contribution is -0.139. The molecule has 3 aromatic rings. The van der Waals surface area contributed by atoms with Crippen molar-refractivity contribution in [3.63, 3.8) is 0 Å². The number of nitrogens with one attached hydrogen (secondary N) is 1. The van der Waals surface area contributed by atoms with Gasteiger partial charge in [-0.1, -0.05) is 30.8 Å². The van der Waals surface area contributed by atoms with Crippen molar-refractivity contribution in [2.75, 3.05) is 25.6 Å². The van der Waals surface area contributed by atoms with Crippen molar-refractivity contribution in [1.29, 1.82) is 0 Å². The van der Waals surface area contributed by atoms with Gasteiger partial charge in [0, 0.05) is 16.8 Å². The molecule has 0 atom stereocenters. The second kappa shape index (κ2) is 13.7. The Kier molecular flexibility index (Phi) is 10.1. The van der Waals surface area contributed by atoms with Gasteiger partial charge in [-0.25, -0.2) is 4.79 Å². The lowest BCUT2D eigenvalue weighted by atomic mass is 10.1. The minimum atomic E-state index is -0.335. The Labute approximate surface area is 212 Å². The zero-order chi connectivity index (χ0) is 25.8. The average molecular weight is 488 g/mol. The van der Waals surface area contributed by atoms with Gasteiger partial charge in [0.25, 0.3) is 5.91 Å². The fourth-order valence-corrected chi connectivity index (χ4v) is 3.47. The molecule has 6 heteroatoms. The van der Waals surface area contributed by atoms with Crippen molar-refractivity contribution in [2.45, 2.75) is 32.6 Å². The summed E-state index contributed by atoms with van der Waals surface area (Å²) in [6, 6.07) is 22.7. The van der Waals surface area contributed by atoms with Crippen LogP contribution in [0.5, 0.6) is 11.5 Å². The molecule has 0 aliphatic heterocycles. The molecule has 3 aromatic carbocycles. The van der Waals surface area contributed by atoms with Gasteiger partial charge >= 0.3 is 5.97 Å². The summed E-state index contributed by atoms with van der Waals surface area (Å²) >= 11 is 0. The largest absolute Gasteiger partial charge is 0.497 e. The summed E-state index contributed by atoms with van der Waals surface area (Å²) in [5.74, 6) is 1.03. The van der Waals surface area contributed by atoms with Gasteiger partial charge < -0.3 is 19.5 Å². The topological polar surface area (TPSA) is 73.9 Å². The molecule has 1 N–H and O–H groups in total. The van der Waals surface area contributed by atoms with Gasteiger partial charge in [0.05, 0.1) is 20.3 Å². The van der Waals surface area contributed by atoms with Crippen LogP contribution in [0.1, 0.15) is 43.0 Å². The maximum atomic E-state index is 12.6. The molecule has 0 spiro atoms. The lowest BCUT2D eigenvalue weighted by Gasteiger charge is -2.09. The molecule has 0 bridgehead atoms. The highest BCUT2D eigenvalue weighted by atomic mass is 16.5. The van der Waals surface area contributed by atoms with Gasteiger partial charge in [-0.3, -0.25) is 4.79 Å². The highest BCUT2D eigenvalue weighted by Gasteiger charge is 2.07. The number of benzene rings is 3. The molecule has 0 fully saturated rings. The van der Waals surface area contributed by atoms with Crippen LogP contribution in [0.3, 0.4) is 0 Å². The molecule has 0 heterocycles. The van der Waals surface area contributed by atoms with E-state index in [4.69, 9.17) is 14.2 Å². The number of esters is 1. The van der Waals surface area contributed by atoms with Crippen LogP contribution < -0.4 is 14.8 Å². The van der Waals surface area contributed by atoms with Crippen molar-refractivity contribution < 1.29 is 23.8 Å². The standard InChI is InChI=1S/C30H33NO5/c1-22(2)30(33)36-21-7-5-4-6-20-35-28-18-12-25(13-19-28)29(32)31-26-14-8-23(9-15-26)24-10-16-27(34-3)17-11-24/h8-19H,1,4-7,20-21H2,2-3H3,(H,31,32). The van der Waals surface area contributed by atoms with Gasteiger partial charge in [-0.15, -0.1) is 0 Å². The van der Waals surface area contributed by atoms with Crippen molar-refractivity contribution in [2.24, 2.45) is 0 Å². The van der Waals surface area contributed by atoms with E-state index in [2.05, 4.69) is 11.9 Å². The van der Waals surface area contributed by atoms with Crippen molar-refractivity contribution in [3.8, 4) is 22.6 Å². The third kappa shape index (κ3) is 8.31. The fraction of sp³-hybridized carbons (Fsp3) is 0.267. The van der Waals surface area contributed by atoms with E-state index in [0.717, 1.165) is 54.0 Å². The molecule has 0 saturated heterocycles. The fourth-order valence-electron chi connectivity index (χ4n) is 3.47. The van der Waals surface area contributed by atoms with Crippen LogP contribution >= 0.6 is 0 Å². The smallest absolute Gasteiger partial charge is 0.333 e. The number of ether oxygens (including phenoxy) is 3. The van der Waals surface area contributed by atoms with Crippen LogP contribution in [0, 0.1) is 0 Å². The molecule has 6 nitrogen and oxygen atoms in total. The van der Waals surface area contributed by atoms with Crippen molar-refractivity contribution >= 4 is 17.6 Å². The van der Waals surface area contributed by atoms with Crippen LogP contribution in [0.2, 0.25) is 0 Å². The lowest BCUT2D eigenvalue weighted by Crippen LogP contribution is -2.11. The van der Waals surface area contributed by atoms with E-state index in [9.17, 15) is 9.59 Å². The molecule has 0 aliphatic rings. The van der Waals surface area contributed by atoms with Gasteiger partial charge in [-0.05, 0) is 92.3 Å². The maximum absolute atomic E-state index is 12.6. The summed E-state index contributed by atoms with van der Waals surface area (Å²) in [6.45, 7) is 6.21. The van der Waals surface area contributed by atoms with E-state index in [0.29, 0.717) is 24.4 Å². The van der Waals surface area contributed by atoms with E-state index in [-0.39, 0.29) is 11.9 Å². The minimum Gasteiger partial charge on any atom is -0.497 e. The third-order valence-electron chi connectivity index (χ3n) is 5.57. The van der Waals surface area contributed by atoms with Gasteiger partial charge in [0.15, 0.2) is 0 Å². The second-order valence-electron chi connectivity index (χ2n) is 8.46. The van der Waals surface area contributed by atoms with Crippen molar-refractivity contribution in [3.05, 3.63) is 90.5 Å². The van der Waals surface area contributed by atoms with E-state index >= 15 is 0 Å². The summed E-state index contributed by atoms with van der Waals surface area (Å²) in [4.78, 5) is 23.9. The Balaban J connectivity index is 1.37. The number of anilines is 1. The summed E-state index contributed by atoms with van der Waals surface area (Å²) in [6.07, 6.45) is 3.69. The number of amides is 1. The first-order chi connectivity index (χ1) is 17.5. The van der Waals surface area contributed by atoms with Crippen LogP contribution in [-0.2, 0) is 9.53 Å². The van der Waals surface area contributed by atoms with Crippen LogP contribution in [0.15, 0.2) is 84.9 Å². The highest BCUT2D eigenvalue weighted by molar-refractivity contribution is 6.04. The SMILES string of the molecule is C=C(C)C(=O)OCCCCCCOc1ccc(C(=O)Nc2ccc(-c3ccc(OC)cc3)cc2)cc1. The second-order valence-corrected chi connectivity index (χ2v) is 8.46. The van der Waals surface area contributed by atoms with Gasteiger partial charge in [0.2, 0.25) is 0 Å². The molecule has 3 rings (SSSR count). The minimum absolute atomic E-state index is 0.175. The number of unbranched alkanes of at least 4 members (excludes halogenated alkanes) is 3. The molecule has 0 radical (unpaired) electrons. The number of hydrogen-bond acceptors (Lipinski definition) is 5. The Bertz CT molecular complexity index is 1140. The van der Waals surface area contributed by atoms with Crippen LogP contribution in [-0.4, -0.2) is 32.2 Å². The number of rotatable bonds is 13. The first kappa shape index (κ1) is 26.5. The molecular weight excluding hydrogens is 454 g/mol. The molecular formula is C30H33NO5. The molecule has 0 saturated carbocycles. The molecule has 188 valence electrons. The first-order valence-electron chi connectivity index (χ1n) is 12.1. The van der Waals surface area contributed by atoms with Crippen molar-refractivity contribution in [1.82, 2.24) is 0 Å². The van der Waals surface area contributed by atoms with E-state index in [1.54, 1.807) is 38.3 Å². The zero-order valence-corrected chi connectivity index (χ0v) is 20.9. The number of carbonyl (C=O) groups excluding carboxylic acids is 2. The van der Waals surface area contributed by atoms with Crippen LogP contribution in [0.4, 0.5) is 5.69 Å². The number of methoxy groups -OCH3 is 1. The third-order valence-corrected chi connectivity index (χ3v) is 5.57. The van der Waals surface area contributed by atoms with E-state index in [1.165, 1.54) is 0 Å². The maximum Gasteiger partial charge on any atom is 0.333 e. The van der Waals surface area contributed by atoms with Gasteiger partial charge in [-0.2, -0.15) is 0 Å². The monoisotopic (exact) mass is 487 g/mol. The normalized spacial score (nSPS) is 10.4. The molecule has 36 heavy (non-hydrogen) atoms. The average Bonchev–Trinajstić information content (AvgIpc) is 2.90. The number of hydrogen-bond donors (Lipinski definition) is 1. The molecule has 0 aliphatic carbocycles. The Morgan fingerprint density at radius 3 is 1.89 bits per heavy atom. The zero-order valence-electron chi connectivity index (χ0n) is 20.9. The predicted molar refractivity (Wildman–Crippen MR) is 143 cm³/mol. The predicted octanol–water partition coefficient (Wildman–Crippen LogP) is 6.67. The van der Waals surface area contributed by atoms with Crippen LogP contribution in [0.25, 0.3) is 11.1 Å². The summed E-state index contributed by atoms with van der Waals surface area (Å²) in [5, 5.41) is 2.93. The van der Waals surface area contributed by atoms with E-state index < -0.39 is 0 Å². The van der Waals surface area contributed by atoms with E-state index in [1.807, 2.05) is 48.5 Å². The Morgan fingerprint density at radius 2 is 1.31 bits per heavy atom. The number of carbonyl (C=O) groups is 2. The summed E-state index contributed by atoms with van der Waals surface area (Å²) in [5.41, 5.74) is 3.85. The molecule has 0 unspecified atom stereocenters. The van der Waals surface area contributed by atoms with Gasteiger partial charge in [0.1, 0.15) is 11.5 Å². The summed E-state index contributed by atoms with van der Waals surface area (Å²) in [7, 11) is 1.65. The Morgan fingerprint density at radius 1 is 0.750 bits per heavy atom. The summed E-state index contributed by atoms with van der Waals surface area (Å²) < 4.78 is 16.0. The molecule has 0 aromatic heterocycles.